The first-order chi connectivity index (χ1) is 15.1. The van der Waals surface area contributed by atoms with Gasteiger partial charge in [-0.1, -0.05) is 115 Å². The highest BCUT2D eigenvalue weighted by atomic mass is 35.5. The van der Waals surface area contributed by atoms with Crippen molar-refractivity contribution in [2.75, 3.05) is 0 Å². The van der Waals surface area contributed by atoms with Crippen LogP contribution in [0.5, 0.6) is 0 Å². The van der Waals surface area contributed by atoms with Gasteiger partial charge in [0.25, 0.3) is 0 Å². The molecule has 31 heavy (non-hydrogen) atoms. The van der Waals surface area contributed by atoms with Gasteiger partial charge in [-0.25, -0.2) is 0 Å². The molecule has 4 aromatic carbocycles. The topological polar surface area (TPSA) is 43.1 Å². The number of carbonyl (C=O) groups is 1. The molecule has 0 fully saturated rings. The minimum atomic E-state index is -0.615. The molecule has 0 saturated heterocycles. The molecule has 4 rings (SSSR count). The van der Waals surface area contributed by atoms with Gasteiger partial charge in [-0.15, -0.1) is 0 Å². The van der Waals surface area contributed by atoms with Crippen LogP contribution in [0.15, 0.2) is 109 Å². The Morgan fingerprint density at radius 3 is 1.74 bits per heavy atom. The molecule has 0 bridgehead atoms. The molecule has 153 valence electrons. The zero-order valence-electron chi connectivity index (χ0n) is 17.0. The SMILES string of the molecule is N[C@@H](Cc1ccccc1)C(=O)c1ccc([C](c2ccccc2)c2ccccc2)c(Cl)c1. The van der Waals surface area contributed by atoms with Gasteiger partial charge < -0.3 is 5.73 Å². The first-order valence-electron chi connectivity index (χ1n) is 10.2. The molecule has 0 aliphatic rings. The van der Waals surface area contributed by atoms with Crippen molar-refractivity contribution in [3.05, 3.63) is 148 Å². The van der Waals surface area contributed by atoms with E-state index in [0.717, 1.165) is 28.2 Å². The molecule has 0 saturated carbocycles. The average molecular weight is 425 g/mol. The van der Waals surface area contributed by atoms with Crippen molar-refractivity contribution < 1.29 is 4.79 Å². The lowest BCUT2D eigenvalue weighted by atomic mass is 9.84. The van der Waals surface area contributed by atoms with E-state index in [-0.39, 0.29) is 5.78 Å². The van der Waals surface area contributed by atoms with E-state index in [1.807, 2.05) is 78.9 Å². The smallest absolute Gasteiger partial charge is 0.179 e. The Morgan fingerprint density at radius 1 is 0.710 bits per heavy atom. The lowest BCUT2D eigenvalue weighted by Gasteiger charge is -2.20. The summed E-state index contributed by atoms with van der Waals surface area (Å²) >= 11 is 6.72. The number of ketones is 1. The van der Waals surface area contributed by atoms with Gasteiger partial charge in [0.15, 0.2) is 5.78 Å². The number of nitrogens with two attached hydrogens (primary N) is 1. The molecular weight excluding hydrogens is 402 g/mol. The van der Waals surface area contributed by atoms with Crippen LogP contribution in [-0.4, -0.2) is 11.8 Å². The maximum Gasteiger partial charge on any atom is 0.179 e. The third kappa shape index (κ3) is 4.93. The van der Waals surface area contributed by atoms with Crippen LogP contribution in [0.3, 0.4) is 0 Å². The molecule has 0 aromatic heterocycles. The minimum absolute atomic E-state index is 0.113. The average Bonchev–Trinajstić information content (AvgIpc) is 2.82. The second-order valence-corrected chi connectivity index (χ2v) is 7.87. The maximum absolute atomic E-state index is 12.9. The van der Waals surface area contributed by atoms with E-state index in [1.54, 1.807) is 6.07 Å². The third-order valence-electron chi connectivity index (χ3n) is 5.28. The fraction of sp³-hybridized carbons (Fsp3) is 0.0714. The lowest BCUT2D eigenvalue weighted by molar-refractivity contribution is 0.0961. The van der Waals surface area contributed by atoms with Gasteiger partial charge in [-0.3, -0.25) is 4.79 Å². The number of Topliss-reactive ketones (excluding diaryl/α,β-unsaturated/α-hetero) is 1. The van der Waals surface area contributed by atoms with Crippen molar-refractivity contribution in [1.29, 1.82) is 0 Å². The van der Waals surface area contributed by atoms with E-state index in [1.165, 1.54) is 0 Å². The van der Waals surface area contributed by atoms with Gasteiger partial charge in [0, 0.05) is 10.6 Å². The van der Waals surface area contributed by atoms with Gasteiger partial charge in [-0.05, 0) is 34.7 Å². The highest BCUT2D eigenvalue weighted by Crippen LogP contribution is 2.35. The Balaban J connectivity index is 1.64. The quantitative estimate of drug-likeness (QED) is 0.287. The van der Waals surface area contributed by atoms with E-state index in [0.29, 0.717) is 17.0 Å². The Bertz CT molecular complexity index is 1100. The zero-order valence-corrected chi connectivity index (χ0v) is 17.8. The van der Waals surface area contributed by atoms with E-state index in [2.05, 4.69) is 24.3 Å². The highest BCUT2D eigenvalue weighted by molar-refractivity contribution is 6.32. The Hall–Kier alpha value is -3.20. The summed E-state index contributed by atoms with van der Waals surface area (Å²) < 4.78 is 0. The summed E-state index contributed by atoms with van der Waals surface area (Å²) in [6.45, 7) is 0. The van der Waals surface area contributed by atoms with E-state index >= 15 is 0 Å². The monoisotopic (exact) mass is 424 g/mol. The summed E-state index contributed by atoms with van der Waals surface area (Å²) in [7, 11) is 0. The van der Waals surface area contributed by atoms with Crippen LogP contribution in [0, 0.1) is 5.92 Å². The maximum atomic E-state index is 12.9. The normalized spacial score (nSPS) is 12.0. The van der Waals surface area contributed by atoms with E-state index in [9.17, 15) is 4.79 Å². The van der Waals surface area contributed by atoms with Gasteiger partial charge in [0.1, 0.15) is 0 Å². The molecule has 3 heteroatoms. The molecule has 0 aliphatic heterocycles. The number of rotatable bonds is 7. The lowest BCUT2D eigenvalue weighted by Crippen LogP contribution is -2.32. The molecule has 2 N–H and O–H groups in total. The minimum Gasteiger partial charge on any atom is -0.321 e. The van der Waals surface area contributed by atoms with Crippen LogP contribution < -0.4 is 5.73 Å². The molecular formula is C28H23ClNO. The number of halogens is 1. The van der Waals surface area contributed by atoms with E-state index in [4.69, 9.17) is 17.3 Å². The third-order valence-corrected chi connectivity index (χ3v) is 5.60. The molecule has 0 amide bonds. The predicted octanol–water partition coefficient (Wildman–Crippen LogP) is 6.11. The van der Waals surface area contributed by atoms with Crippen LogP contribution in [0.4, 0.5) is 0 Å². The van der Waals surface area contributed by atoms with Gasteiger partial charge in [0.2, 0.25) is 0 Å². The Morgan fingerprint density at radius 2 is 1.23 bits per heavy atom. The summed E-state index contributed by atoms with van der Waals surface area (Å²) in [6.07, 6.45) is 0.491. The summed E-state index contributed by atoms with van der Waals surface area (Å²) in [6, 6.07) is 34.9. The summed E-state index contributed by atoms with van der Waals surface area (Å²) in [4.78, 5) is 12.9. The van der Waals surface area contributed by atoms with Crippen LogP contribution in [0.1, 0.15) is 32.6 Å². The van der Waals surface area contributed by atoms with Gasteiger partial charge >= 0.3 is 0 Å². The molecule has 2 nitrogen and oxygen atoms in total. The largest absolute Gasteiger partial charge is 0.321 e. The Kier molecular flexibility index (Phi) is 6.61. The van der Waals surface area contributed by atoms with Crippen molar-refractivity contribution in [3.63, 3.8) is 0 Å². The number of benzene rings is 4. The van der Waals surface area contributed by atoms with Crippen molar-refractivity contribution in [2.45, 2.75) is 12.5 Å². The molecule has 1 atom stereocenters. The van der Waals surface area contributed by atoms with Crippen LogP contribution >= 0.6 is 11.6 Å². The molecule has 1 radical (unpaired) electrons. The van der Waals surface area contributed by atoms with Crippen LogP contribution in [-0.2, 0) is 6.42 Å². The zero-order chi connectivity index (χ0) is 21.6. The summed E-state index contributed by atoms with van der Waals surface area (Å²) in [5, 5.41) is 0.528. The molecule has 0 unspecified atom stereocenters. The molecule has 0 aliphatic carbocycles. The van der Waals surface area contributed by atoms with Crippen molar-refractivity contribution in [3.8, 4) is 0 Å². The summed E-state index contributed by atoms with van der Waals surface area (Å²) in [5.41, 5.74) is 10.8. The predicted molar refractivity (Wildman–Crippen MR) is 127 cm³/mol. The molecule has 0 spiro atoms. The standard InChI is InChI=1S/C28H23ClNO/c29-25-19-23(28(31)26(30)18-20-10-4-1-5-11-20)16-17-24(25)27(21-12-6-2-7-13-21)22-14-8-3-9-15-22/h1-17,19,26H,18,30H2/t26-/m0/s1. The number of hydrogen-bond acceptors (Lipinski definition) is 2. The second-order valence-electron chi connectivity index (χ2n) is 7.46. The van der Waals surface area contributed by atoms with Crippen LogP contribution in [0.2, 0.25) is 5.02 Å². The van der Waals surface area contributed by atoms with Crippen molar-refractivity contribution in [1.82, 2.24) is 0 Å². The number of carbonyl (C=O) groups excluding carboxylic acids is 1. The van der Waals surface area contributed by atoms with Gasteiger partial charge in [-0.2, -0.15) is 0 Å². The molecule has 4 aromatic rings. The Labute approximate surface area is 188 Å². The molecule has 0 heterocycles. The van der Waals surface area contributed by atoms with Crippen molar-refractivity contribution >= 4 is 17.4 Å². The van der Waals surface area contributed by atoms with E-state index < -0.39 is 6.04 Å². The summed E-state index contributed by atoms with van der Waals surface area (Å²) in [5.74, 6) is 0.914. The first kappa shape index (κ1) is 21.0. The van der Waals surface area contributed by atoms with Crippen molar-refractivity contribution in [2.24, 2.45) is 5.73 Å². The number of hydrogen-bond donors (Lipinski definition) is 1. The van der Waals surface area contributed by atoms with Crippen LogP contribution in [0.25, 0.3) is 0 Å². The van der Waals surface area contributed by atoms with Gasteiger partial charge in [0.05, 0.1) is 12.0 Å². The highest BCUT2D eigenvalue weighted by Gasteiger charge is 2.22. The fourth-order valence-electron chi connectivity index (χ4n) is 3.73. The first-order valence-corrected chi connectivity index (χ1v) is 10.6. The second kappa shape index (κ2) is 9.74. The fourth-order valence-corrected chi connectivity index (χ4v) is 4.01.